The van der Waals surface area contributed by atoms with Crippen molar-refractivity contribution in [3.05, 3.63) is 91.4 Å². The molecule has 1 aliphatic heterocycles. The van der Waals surface area contributed by atoms with Gasteiger partial charge in [-0.3, -0.25) is 15.0 Å². The van der Waals surface area contributed by atoms with Crippen molar-refractivity contribution in [1.82, 2.24) is 4.90 Å². The number of nitro groups is 1. The maximum absolute atomic E-state index is 12.5. The molecule has 0 aliphatic carbocycles. The van der Waals surface area contributed by atoms with Crippen molar-refractivity contribution >= 4 is 28.9 Å². The lowest BCUT2D eigenvalue weighted by molar-refractivity contribution is -0.384. The Morgan fingerprint density at radius 2 is 1.74 bits per heavy atom. The van der Waals surface area contributed by atoms with Crippen molar-refractivity contribution in [3.8, 4) is 17.2 Å². The van der Waals surface area contributed by atoms with E-state index >= 15 is 0 Å². The Kier molecular flexibility index (Phi) is 6.88. The third-order valence-corrected chi connectivity index (χ3v) is 5.78. The number of rotatable bonds is 6. The van der Waals surface area contributed by atoms with Gasteiger partial charge >= 0.3 is 6.36 Å². The van der Waals surface area contributed by atoms with Crippen LogP contribution in [0.3, 0.4) is 0 Å². The van der Waals surface area contributed by atoms with Crippen molar-refractivity contribution < 1.29 is 27.6 Å². The second kappa shape index (κ2) is 9.69. The van der Waals surface area contributed by atoms with Crippen LogP contribution in [0.25, 0.3) is 0 Å². The molecule has 0 bridgehead atoms. The summed E-state index contributed by atoms with van der Waals surface area (Å²) in [5.41, 5.74) is 2.59. The van der Waals surface area contributed by atoms with E-state index in [1.54, 1.807) is 12.1 Å². The summed E-state index contributed by atoms with van der Waals surface area (Å²) in [4.78, 5) is 12.5. The van der Waals surface area contributed by atoms with Crippen LogP contribution in [0, 0.1) is 10.1 Å². The van der Waals surface area contributed by atoms with Gasteiger partial charge in [0, 0.05) is 31.8 Å². The Morgan fingerprint density at radius 3 is 2.41 bits per heavy atom. The zero-order valence-corrected chi connectivity index (χ0v) is 19.0. The molecule has 0 fully saturated rings. The number of ether oxygens (including phenoxy) is 2. The van der Waals surface area contributed by atoms with Gasteiger partial charge in [-0.05, 0) is 47.4 Å². The number of nitro benzene ring substituents is 1. The first-order valence-corrected chi connectivity index (χ1v) is 10.8. The van der Waals surface area contributed by atoms with Crippen molar-refractivity contribution in [2.75, 3.05) is 6.54 Å². The number of benzene rings is 3. The molecule has 0 amide bonds. The number of hydrogen-bond acceptors (Lipinski definition) is 5. The van der Waals surface area contributed by atoms with Gasteiger partial charge in [0.1, 0.15) is 11.5 Å². The van der Waals surface area contributed by atoms with E-state index in [9.17, 15) is 23.3 Å². The Labute approximate surface area is 202 Å². The summed E-state index contributed by atoms with van der Waals surface area (Å²) in [5.74, 6) is 0.377. The number of hydrogen-bond donors (Lipinski definition) is 0. The molecule has 3 aromatic rings. The highest BCUT2D eigenvalue weighted by molar-refractivity contribution is 6.37. The molecule has 0 aromatic heterocycles. The second-order valence-corrected chi connectivity index (χ2v) is 8.50. The SMILES string of the molecule is O=[N+]([O-])c1cc(Cl)c(Oc2ccc3c(c2)CCN(Cc2cccc(OC(F)(F)F)c2)C3)c(Cl)c1. The molecule has 0 atom stereocenters. The van der Waals surface area contributed by atoms with Gasteiger partial charge in [-0.25, -0.2) is 0 Å². The van der Waals surface area contributed by atoms with E-state index in [0.29, 0.717) is 37.4 Å². The molecule has 0 unspecified atom stereocenters. The molecule has 1 aliphatic rings. The van der Waals surface area contributed by atoms with Gasteiger partial charge in [0.25, 0.3) is 5.69 Å². The summed E-state index contributed by atoms with van der Waals surface area (Å²) in [6.45, 7) is 1.78. The van der Waals surface area contributed by atoms with Crippen molar-refractivity contribution in [2.24, 2.45) is 0 Å². The zero-order valence-electron chi connectivity index (χ0n) is 17.4. The van der Waals surface area contributed by atoms with Gasteiger partial charge in [-0.1, -0.05) is 41.4 Å². The molecule has 0 saturated carbocycles. The molecule has 0 radical (unpaired) electrons. The monoisotopic (exact) mass is 512 g/mol. The van der Waals surface area contributed by atoms with E-state index in [0.717, 1.165) is 11.1 Å². The maximum Gasteiger partial charge on any atom is 0.573 e. The van der Waals surface area contributed by atoms with Gasteiger partial charge in [0.2, 0.25) is 0 Å². The van der Waals surface area contributed by atoms with Crippen LogP contribution < -0.4 is 9.47 Å². The van der Waals surface area contributed by atoms with Crippen LogP contribution in [-0.2, 0) is 19.5 Å². The first kappa shape index (κ1) is 24.1. The van der Waals surface area contributed by atoms with E-state index in [1.165, 1.54) is 30.3 Å². The van der Waals surface area contributed by atoms with Crippen molar-refractivity contribution in [3.63, 3.8) is 0 Å². The predicted molar refractivity (Wildman–Crippen MR) is 121 cm³/mol. The number of halogens is 5. The van der Waals surface area contributed by atoms with Crippen LogP contribution in [0.15, 0.2) is 54.6 Å². The zero-order chi connectivity index (χ0) is 24.5. The van der Waals surface area contributed by atoms with Gasteiger partial charge in [-0.15, -0.1) is 13.2 Å². The second-order valence-electron chi connectivity index (χ2n) is 7.68. The lowest BCUT2D eigenvalue weighted by Gasteiger charge is -2.29. The minimum absolute atomic E-state index is 0.0276. The summed E-state index contributed by atoms with van der Waals surface area (Å²) in [5, 5.41) is 11.0. The average Bonchev–Trinajstić information content (AvgIpc) is 2.75. The number of alkyl halides is 3. The fraction of sp³-hybridized carbons (Fsp3) is 0.217. The minimum atomic E-state index is -4.73. The van der Waals surface area contributed by atoms with Crippen molar-refractivity contribution in [1.29, 1.82) is 0 Å². The fourth-order valence-electron chi connectivity index (χ4n) is 3.75. The smallest absolute Gasteiger partial charge is 0.454 e. The Morgan fingerprint density at radius 1 is 1.00 bits per heavy atom. The maximum atomic E-state index is 12.5. The number of non-ortho nitro benzene ring substituents is 1. The topological polar surface area (TPSA) is 64.8 Å². The summed E-state index contributed by atoms with van der Waals surface area (Å²) in [7, 11) is 0. The molecular weight excluding hydrogens is 496 g/mol. The highest BCUT2D eigenvalue weighted by Crippen LogP contribution is 2.40. The Hall–Kier alpha value is -3.01. The van der Waals surface area contributed by atoms with E-state index < -0.39 is 11.3 Å². The Bertz CT molecular complexity index is 1210. The lowest BCUT2D eigenvalue weighted by atomic mass is 9.99. The van der Waals surface area contributed by atoms with E-state index in [-0.39, 0.29) is 27.2 Å². The summed E-state index contributed by atoms with van der Waals surface area (Å²) in [6.07, 6.45) is -4.03. The standard InChI is InChI=1S/C23H17Cl2F3N2O4/c24-20-10-17(30(31)32)11-21(25)22(20)33-18-5-4-16-13-29(7-6-15(16)9-18)12-14-2-1-3-19(8-14)34-23(26,27)28/h1-5,8-11H,6-7,12-13H2. The molecule has 11 heteroatoms. The van der Waals surface area contributed by atoms with Crippen LogP contribution in [0.4, 0.5) is 18.9 Å². The molecule has 178 valence electrons. The van der Waals surface area contributed by atoms with E-state index in [2.05, 4.69) is 9.64 Å². The number of fused-ring (bicyclic) bond motifs is 1. The molecular formula is C23H17Cl2F3N2O4. The van der Waals surface area contributed by atoms with Crippen LogP contribution in [0.1, 0.15) is 16.7 Å². The molecule has 1 heterocycles. The largest absolute Gasteiger partial charge is 0.573 e. The normalized spacial score (nSPS) is 13.9. The quantitative estimate of drug-likeness (QED) is 0.259. The molecule has 4 rings (SSSR count). The third kappa shape index (κ3) is 5.91. The van der Waals surface area contributed by atoms with Crippen LogP contribution in [0.2, 0.25) is 10.0 Å². The van der Waals surface area contributed by atoms with Gasteiger partial charge in [0.05, 0.1) is 15.0 Å². The summed E-state index contributed by atoms with van der Waals surface area (Å²) >= 11 is 12.2. The van der Waals surface area contributed by atoms with Crippen molar-refractivity contribution in [2.45, 2.75) is 25.9 Å². The highest BCUT2D eigenvalue weighted by atomic mass is 35.5. The van der Waals surface area contributed by atoms with Crippen LogP contribution in [0.5, 0.6) is 17.2 Å². The van der Waals surface area contributed by atoms with Gasteiger partial charge in [-0.2, -0.15) is 0 Å². The number of nitrogens with zero attached hydrogens (tertiary/aromatic N) is 2. The third-order valence-electron chi connectivity index (χ3n) is 5.22. The van der Waals surface area contributed by atoms with Gasteiger partial charge in [0.15, 0.2) is 5.75 Å². The predicted octanol–water partition coefficient (Wildman–Crippen LogP) is 7.15. The van der Waals surface area contributed by atoms with E-state index in [1.807, 2.05) is 12.1 Å². The summed E-state index contributed by atoms with van der Waals surface area (Å²) < 4.78 is 47.2. The molecule has 6 nitrogen and oxygen atoms in total. The van der Waals surface area contributed by atoms with Crippen LogP contribution in [-0.4, -0.2) is 22.7 Å². The van der Waals surface area contributed by atoms with Crippen LogP contribution >= 0.6 is 23.2 Å². The minimum Gasteiger partial charge on any atom is -0.454 e. The molecule has 0 spiro atoms. The fourth-order valence-corrected chi connectivity index (χ4v) is 4.31. The summed E-state index contributed by atoms with van der Waals surface area (Å²) in [6, 6.07) is 13.8. The van der Waals surface area contributed by atoms with Gasteiger partial charge < -0.3 is 9.47 Å². The highest BCUT2D eigenvalue weighted by Gasteiger charge is 2.31. The molecule has 0 N–H and O–H groups in total. The lowest BCUT2D eigenvalue weighted by Crippen LogP contribution is -2.30. The first-order valence-electron chi connectivity index (χ1n) is 10.1. The average molecular weight is 513 g/mol. The molecule has 0 saturated heterocycles. The first-order chi connectivity index (χ1) is 16.1. The molecule has 3 aromatic carbocycles. The Balaban J connectivity index is 1.44. The van der Waals surface area contributed by atoms with E-state index in [4.69, 9.17) is 27.9 Å². The molecule has 34 heavy (non-hydrogen) atoms.